The molecule has 2 rings (SSSR count). The van der Waals surface area contributed by atoms with Crippen LogP contribution >= 0.6 is 0 Å². The lowest BCUT2D eigenvalue weighted by atomic mass is 10.1. The molecule has 0 aliphatic carbocycles. The molecule has 0 aromatic heterocycles. The van der Waals surface area contributed by atoms with E-state index in [1.54, 1.807) is 6.26 Å². The van der Waals surface area contributed by atoms with Gasteiger partial charge in [-0.25, -0.2) is 4.79 Å². The van der Waals surface area contributed by atoms with Gasteiger partial charge in [-0.3, -0.25) is 5.32 Å². The molecular formula is C19H28N2O3. The third-order valence-electron chi connectivity index (χ3n) is 3.73. The Labute approximate surface area is 144 Å². The van der Waals surface area contributed by atoms with Crippen LogP contribution in [0.15, 0.2) is 36.6 Å². The summed E-state index contributed by atoms with van der Waals surface area (Å²) in [6.45, 7) is 8.47. The van der Waals surface area contributed by atoms with Crippen molar-refractivity contribution in [1.29, 1.82) is 0 Å². The molecule has 132 valence electrons. The number of nitrogens with one attached hydrogen (secondary N) is 2. The van der Waals surface area contributed by atoms with Gasteiger partial charge < -0.3 is 14.8 Å². The molecule has 0 saturated heterocycles. The number of carbonyl (C=O) groups excluding carboxylic acids is 1. The topological polar surface area (TPSA) is 59.6 Å². The highest BCUT2D eigenvalue weighted by atomic mass is 16.6. The maximum absolute atomic E-state index is 11.8. The number of carbonyl (C=O) groups is 1. The van der Waals surface area contributed by atoms with Crippen LogP contribution in [0.25, 0.3) is 0 Å². The molecule has 1 heterocycles. The van der Waals surface area contributed by atoms with Crippen LogP contribution in [0.2, 0.25) is 0 Å². The van der Waals surface area contributed by atoms with Crippen molar-refractivity contribution in [1.82, 2.24) is 5.32 Å². The van der Waals surface area contributed by atoms with Crippen molar-refractivity contribution in [3.05, 3.63) is 42.2 Å². The number of benzene rings is 1. The lowest BCUT2D eigenvalue weighted by Crippen LogP contribution is -2.31. The summed E-state index contributed by atoms with van der Waals surface area (Å²) in [6, 6.07) is 8.00. The maximum Gasteiger partial charge on any atom is 0.412 e. The fourth-order valence-corrected chi connectivity index (χ4v) is 2.44. The molecular weight excluding hydrogens is 304 g/mol. The first-order valence-corrected chi connectivity index (χ1v) is 8.47. The molecule has 0 spiro atoms. The molecule has 1 amide bonds. The molecule has 1 aromatic carbocycles. The smallest absolute Gasteiger partial charge is 0.412 e. The Morgan fingerprint density at radius 1 is 1.33 bits per heavy atom. The number of hydrogen-bond donors (Lipinski definition) is 2. The third kappa shape index (κ3) is 6.24. The highest BCUT2D eigenvalue weighted by molar-refractivity contribution is 5.84. The predicted octanol–water partition coefficient (Wildman–Crippen LogP) is 4.38. The molecule has 0 bridgehead atoms. The van der Waals surface area contributed by atoms with Gasteiger partial charge in [-0.2, -0.15) is 0 Å². The van der Waals surface area contributed by atoms with E-state index in [0.717, 1.165) is 30.6 Å². The van der Waals surface area contributed by atoms with E-state index >= 15 is 0 Å². The van der Waals surface area contributed by atoms with E-state index in [4.69, 9.17) is 9.47 Å². The Hall–Kier alpha value is -2.01. The summed E-state index contributed by atoms with van der Waals surface area (Å²) in [4.78, 5) is 11.8. The summed E-state index contributed by atoms with van der Waals surface area (Å²) in [5.74, 6) is 0. The van der Waals surface area contributed by atoms with Gasteiger partial charge in [-0.05, 0) is 64.3 Å². The zero-order valence-electron chi connectivity index (χ0n) is 15.0. The monoisotopic (exact) mass is 332 g/mol. The van der Waals surface area contributed by atoms with Gasteiger partial charge in [0.2, 0.25) is 0 Å². The SMILES string of the molecule is CC(NCC1CCC=CO1)c1ccc(NC(=O)OC(C)(C)C)cc1. The quantitative estimate of drug-likeness (QED) is 0.840. The van der Waals surface area contributed by atoms with Crippen molar-refractivity contribution >= 4 is 11.8 Å². The van der Waals surface area contributed by atoms with Gasteiger partial charge in [0.05, 0.1) is 6.26 Å². The normalized spacial score (nSPS) is 18.6. The second-order valence-corrected chi connectivity index (χ2v) is 7.09. The summed E-state index contributed by atoms with van der Waals surface area (Å²) >= 11 is 0. The van der Waals surface area contributed by atoms with Crippen molar-refractivity contribution in [2.24, 2.45) is 0 Å². The zero-order valence-corrected chi connectivity index (χ0v) is 15.0. The Morgan fingerprint density at radius 2 is 2.04 bits per heavy atom. The second kappa shape index (κ2) is 8.20. The highest BCUT2D eigenvalue weighted by Gasteiger charge is 2.16. The van der Waals surface area contributed by atoms with Crippen molar-refractivity contribution in [2.75, 3.05) is 11.9 Å². The number of ether oxygens (including phenoxy) is 2. The number of amides is 1. The minimum Gasteiger partial charge on any atom is -0.497 e. The van der Waals surface area contributed by atoms with Gasteiger partial charge in [0.25, 0.3) is 0 Å². The average Bonchev–Trinajstić information content (AvgIpc) is 2.52. The van der Waals surface area contributed by atoms with E-state index in [9.17, 15) is 4.79 Å². The van der Waals surface area contributed by atoms with Crippen LogP contribution in [0.3, 0.4) is 0 Å². The van der Waals surface area contributed by atoms with Crippen LogP contribution in [0, 0.1) is 0 Å². The van der Waals surface area contributed by atoms with E-state index in [-0.39, 0.29) is 12.1 Å². The Balaban J connectivity index is 1.82. The second-order valence-electron chi connectivity index (χ2n) is 7.09. The van der Waals surface area contributed by atoms with E-state index in [2.05, 4.69) is 23.6 Å². The maximum atomic E-state index is 11.8. The van der Waals surface area contributed by atoms with E-state index in [1.165, 1.54) is 0 Å². The number of rotatable bonds is 5. The zero-order chi connectivity index (χ0) is 17.6. The van der Waals surface area contributed by atoms with E-state index < -0.39 is 11.7 Å². The Morgan fingerprint density at radius 3 is 2.62 bits per heavy atom. The fourth-order valence-electron chi connectivity index (χ4n) is 2.44. The summed E-state index contributed by atoms with van der Waals surface area (Å²) < 4.78 is 10.8. The summed E-state index contributed by atoms with van der Waals surface area (Å²) in [5.41, 5.74) is 1.38. The van der Waals surface area contributed by atoms with E-state index in [0.29, 0.717) is 0 Å². The van der Waals surface area contributed by atoms with Crippen molar-refractivity contribution < 1.29 is 14.3 Å². The minimum absolute atomic E-state index is 0.218. The summed E-state index contributed by atoms with van der Waals surface area (Å²) in [5, 5.41) is 6.23. The number of allylic oxidation sites excluding steroid dienone is 1. The Bertz CT molecular complexity index is 561. The van der Waals surface area contributed by atoms with Gasteiger partial charge in [0, 0.05) is 18.3 Å². The van der Waals surface area contributed by atoms with Gasteiger partial charge in [-0.1, -0.05) is 12.1 Å². The van der Waals surface area contributed by atoms with E-state index in [1.807, 2.05) is 45.0 Å². The van der Waals surface area contributed by atoms with Crippen LogP contribution in [0.1, 0.15) is 52.1 Å². The molecule has 5 nitrogen and oxygen atoms in total. The molecule has 2 N–H and O–H groups in total. The first-order chi connectivity index (χ1) is 11.3. The third-order valence-corrected chi connectivity index (χ3v) is 3.73. The largest absolute Gasteiger partial charge is 0.497 e. The van der Waals surface area contributed by atoms with Crippen LogP contribution in [-0.4, -0.2) is 24.3 Å². The molecule has 2 unspecified atom stereocenters. The lowest BCUT2D eigenvalue weighted by Gasteiger charge is -2.23. The summed E-state index contributed by atoms with van der Waals surface area (Å²) in [6.07, 6.45) is 5.77. The molecule has 0 saturated carbocycles. The lowest BCUT2D eigenvalue weighted by molar-refractivity contribution is 0.0636. The molecule has 24 heavy (non-hydrogen) atoms. The number of anilines is 1. The molecule has 0 radical (unpaired) electrons. The fraction of sp³-hybridized carbons (Fsp3) is 0.526. The summed E-state index contributed by atoms with van der Waals surface area (Å²) in [7, 11) is 0. The van der Waals surface area contributed by atoms with Crippen molar-refractivity contribution in [2.45, 2.75) is 58.3 Å². The molecule has 1 aromatic rings. The molecule has 2 atom stereocenters. The standard InChI is InChI=1S/C19H28N2O3/c1-14(20-13-17-7-5-6-12-23-17)15-8-10-16(11-9-15)21-18(22)24-19(2,3)4/h6,8-12,14,17,20H,5,7,13H2,1-4H3,(H,21,22). The van der Waals surface area contributed by atoms with Crippen molar-refractivity contribution in [3.8, 4) is 0 Å². The van der Waals surface area contributed by atoms with Gasteiger partial charge in [-0.15, -0.1) is 0 Å². The first-order valence-electron chi connectivity index (χ1n) is 8.47. The van der Waals surface area contributed by atoms with Crippen molar-refractivity contribution in [3.63, 3.8) is 0 Å². The van der Waals surface area contributed by atoms with Gasteiger partial charge in [0.1, 0.15) is 11.7 Å². The number of hydrogen-bond acceptors (Lipinski definition) is 4. The Kier molecular flexibility index (Phi) is 6.26. The molecule has 1 aliphatic heterocycles. The molecule has 5 heteroatoms. The predicted molar refractivity (Wildman–Crippen MR) is 96.0 cm³/mol. The van der Waals surface area contributed by atoms with Crippen LogP contribution in [-0.2, 0) is 9.47 Å². The van der Waals surface area contributed by atoms with Crippen LogP contribution in [0.5, 0.6) is 0 Å². The minimum atomic E-state index is -0.501. The van der Waals surface area contributed by atoms with Crippen LogP contribution in [0.4, 0.5) is 10.5 Å². The van der Waals surface area contributed by atoms with Crippen LogP contribution < -0.4 is 10.6 Å². The highest BCUT2D eigenvalue weighted by Crippen LogP contribution is 2.18. The molecule has 1 aliphatic rings. The first kappa shape index (κ1) is 18.3. The van der Waals surface area contributed by atoms with Gasteiger partial charge in [0.15, 0.2) is 0 Å². The van der Waals surface area contributed by atoms with Gasteiger partial charge >= 0.3 is 6.09 Å². The molecule has 0 fully saturated rings. The average molecular weight is 332 g/mol.